The Balaban J connectivity index is 3.14. The van der Waals surface area contributed by atoms with E-state index in [0.29, 0.717) is 12.1 Å². The molecule has 0 saturated carbocycles. The maximum Gasteiger partial charge on any atom is 0.423 e. The maximum absolute atomic E-state index is 12.7. The van der Waals surface area contributed by atoms with E-state index < -0.39 is 40.2 Å². The van der Waals surface area contributed by atoms with Crippen molar-refractivity contribution in [1.29, 1.82) is 0 Å². The lowest BCUT2D eigenvalue weighted by Crippen LogP contribution is -2.29. The molecular formula is C10H8ClF3N2O4. The zero-order chi connectivity index (χ0) is 15.5. The van der Waals surface area contributed by atoms with Crippen LogP contribution in [0.2, 0.25) is 0 Å². The average Bonchev–Trinajstić information content (AvgIpc) is 2.36. The van der Waals surface area contributed by atoms with E-state index >= 15 is 0 Å². The Morgan fingerprint density at radius 3 is 2.55 bits per heavy atom. The maximum atomic E-state index is 12.7. The molecule has 20 heavy (non-hydrogen) atoms. The SMILES string of the molecule is O=C(Nc1ccc([N+](=O)[O-])c(C(F)(F)F)c1)C(O)CCl. The van der Waals surface area contributed by atoms with Gasteiger partial charge in [0.25, 0.3) is 11.6 Å². The van der Waals surface area contributed by atoms with Gasteiger partial charge in [-0.15, -0.1) is 11.6 Å². The zero-order valence-electron chi connectivity index (χ0n) is 9.65. The first kappa shape index (κ1) is 16.2. The quantitative estimate of drug-likeness (QED) is 0.506. The molecule has 0 aliphatic carbocycles. The number of alkyl halides is 4. The van der Waals surface area contributed by atoms with Crippen LogP contribution in [0.4, 0.5) is 24.5 Å². The molecule has 6 nitrogen and oxygen atoms in total. The second-order valence-electron chi connectivity index (χ2n) is 3.65. The van der Waals surface area contributed by atoms with Crippen molar-refractivity contribution in [3.63, 3.8) is 0 Å². The number of benzene rings is 1. The first-order chi connectivity index (χ1) is 9.16. The number of aliphatic hydroxyl groups excluding tert-OH is 1. The number of anilines is 1. The smallest absolute Gasteiger partial charge is 0.382 e. The third-order valence-electron chi connectivity index (χ3n) is 2.21. The van der Waals surface area contributed by atoms with Gasteiger partial charge in [0.2, 0.25) is 0 Å². The standard InChI is InChI=1S/C10H8ClF3N2O4/c11-4-8(17)9(18)15-5-1-2-7(16(19)20)6(3-5)10(12,13)14/h1-3,8,17H,4H2,(H,15,18). The normalized spacial score (nSPS) is 12.8. The second-order valence-corrected chi connectivity index (χ2v) is 3.95. The fourth-order valence-corrected chi connectivity index (χ4v) is 1.44. The minimum atomic E-state index is -4.95. The summed E-state index contributed by atoms with van der Waals surface area (Å²) in [7, 11) is 0. The van der Waals surface area contributed by atoms with Gasteiger partial charge in [0.05, 0.1) is 10.8 Å². The number of halogens is 4. The average molecular weight is 313 g/mol. The molecule has 0 aliphatic rings. The third-order valence-corrected chi connectivity index (χ3v) is 2.51. The molecule has 0 radical (unpaired) electrons. The monoisotopic (exact) mass is 312 g/mol. The molecule has 1 amide bonds. The number of carbonyl (C=O) groups is 1. The number of hydrogen-bond donors (Lipinski definition) is 2. The highest BCUT2D eigenvalue weighted by Crippen LogP contribution is 2.37. The van der Waals surface area contributed by atoms with Crippen molar-refractivity contribution in [3.8, 4) is 0 Å². The van der Waals surface area contributed by atoms with Gasteiger partial charge in [-0.1, -0.05) is 0 Å². The summed E-state index contributed by atoms with van der Waals surface area (Å²) in [5, 5.41) is 21.6. The Morgan fingerprint density at radius 2 is 2.10 bits per heavy atom. The Labute approximate surface area is 115 Å². The van der Waals surface area contributed by atoms with Gasteiger partial charge in [0.1, 0.15) is 11.7 Å². The largest absolute Gasteiger partial charge is 0.423 e. The van der Waals surface area contributed by atoms with Crippen LogP contribution in [0.3, 0.4) is 0 Å². The van der Waals surface area contributed by atoms with Crippen LogP contribution in [0.15, 0.2) is 18.2 Å². The summed E-state index contributed by atoms with van der Waals surface area (Å²) in [6.07, 6.45) is -6.55. The van der Waals surface area contributed by atoms with Gasteiger partial charge < -0.3 is 10.4 Å². The van der Waals surface area contributed by atoms with Crippen molar-refractivity contribution in [2.75, 3.05) is 11.2 Å². The fourth-order valence-electron chi connectivity index (χ4n) is 1.30. The molecular weight excluding hydrogens is 305 g/mol. The van der Waals surface area contributed by atoms with Gasteiger partial charge in [-0.05, 0) is 12.1 Å². The number of amides is 1. The number of nitrogens with one attached hydrogen (secondary N) is 1. The lowest BCUT2D eigenvalue weighted by Gasteiger charge is -2.12. The molecule has 0 saturated heterocycles. The van der Waals surface area contributed by atoms with Crippen molar-refractivity contribution in [1.82, 2.24) is 0 Å². The van der Waals surface area contributed by atoms with Gasteiger partial charge in [-0.2, -0.15) is 13.2 Å². The highest BCUT2D eigenvalue weighted by atomic mass is 35.5. The number of aliphatic hydroxyl groups is 1. The van der Waals surface area contributed by atoms with Crippen LogP contribution in [-0.4, -0.2) is 27.9 Å². The molecule has 10 heteroatoms. The van der Waals surface area contributed by atoms with E-state index in [1.54, 1.807) is 0 Å². The summed E-state index contributed by atoms with van der Waals surface area (Å²) < 4.78 is 38.0. The minimum Gasteiger partial charge on any atom is -0.382 e. The van der Waals surface area contributed by atoms with Crippen molar-refractivity contribution in [2.24, 2.45) is 0 Å². The zero-order valence-corrected chi connectivity index (χ0v) is 10.4. The van der Waals surface area contributed by atoms with Crippen LogP contribution in [-0.2, 0) is 11.0 Å². The van der Waals surface area contributed by atoms with E-state index in [-0.39, 0.29) is 5.69 Å². The summed E-state index contributed by atoms with van der Waals surface area (Å²) in [5.41, 5.74) is -2.97. The van der Waals surface area contributed by atoms with Crippen LogP contribution in [0.25, 0.3) is 0 Å². The molecule has 1 unspecified atom stereocenters. The van der Waals surface area contributed by atoms with E-state index in [1.807, 2.05) is 5.32 Å². The predicted molar refractivity (Wildman–Crippen MR) is 63.5 cm³/mol. The van der Waals surface area contributed by atoms with Crippen LogP contribution in [0.1, 0.15) is 5.56 Å². The molecule has 0 heterocycles. The molecule has 110 valence electrons. The molecule has 2 N–H and O–H groups in total. The lowest BCUT2D eigenvalue weighted by atomic mass is 10.1. The number of nitrogens with zero attached hydrogens (tertiary/aromatic N) is 1. The van der Waals surface area contributed by atoms with E-state index in [4.69, 9.17) is 16.7 Å². The second kappa shape index (κ2) is 6.06. The van der Waals surface area contributed by atoms with Crippen molar-refractivity contribution in [2.45, 2.75) is 12.3 Å². The third kappa shape index (κ3) is 3.81. The first-order valence-corrected chi connectivity index (χ1v) is 5.60. The highest BCUT2D eigenvalue weighted by molar-refractivity contribution is 6.20. The van der Waals surface area contributed by atoms with Crippen LogP contribution in [0, 0.1) is 10.1 Å². The minimum absolute atomic E-state index is 0.336. The molecule has 0 spiro atoms. The van der Waals surface area contributed by atoms with Crippen LogP contribution in [0.5, 0.6) is 0 Å². The highest BCUT2D eigenvalue weighted by Gasteiger charge is 2.38. The Kier molecular flexibility index (Phi) is 4.90. The Hall–Kier alpha value is -1.87. The molecule has 0 aromatic heterocycles. The topological polar surface area (TPSA) is 92.5 Å². The summed E-state index contributed by atoms with van der Waals surface area (Å²) in [6, 6.07) is 1.95. The first-order valence-electron chi connectivity index (χ1n) is 5.07. The number of carbonyl (C=O) groups excluding carboxylic acids is 1. The summed E-state index contributed by atoms with van der Waals surface area (Å²) in [4.78, 5) is 20.6. The van der Waals surface area contributed by atoms with E-state index in [9.17, 15) is 28.1 Å². The molecule has 1 aromatic rings. The Morgan fingerprint density at radius 1 is 1.50 bits per heavy atom. The molecule has 1 rings (SSSR count). The van der Waals surface area contributed by atoms with Gasteiger partial charge in [0, 0.05) is 11.8 Å². The van der Waals surface area contributed by atoms with E-state index in [2.05, 4.69) is 0 Å². The summed E-state index contributed by atoms with van der Waals surface area (Å²) in [6.45, 7) is 0. The lowest BCUT2D eigenvalue weighted by molar-refractivity contribution is -0.388. The molecule has 0 aliphatic heterocycles. The van der Waals surface area contributed by atoms with Gasteiger partial charge in [0.15, 0.2) is 0 Å². The fraction of sp³-hybridized carbons (Fsp3) is 0.300. The molecule has 1 atom stereocenters. The van der Waals surface area contributed by atoms with Crippen molar-refractivity contribution >= 4 is 28.9 Å². The number of nitro groups is 1. The summed E-state index contributed by atoms with van der Waals surface area (Å²) >= 11 is 5.20. The molecule has 0 fully saturated rings. The van der Waals surface area contributed by atoms with Crippen molar-refractivity contribution in [3.05, 3.63) is 33.9 Å². The molecule has 1 aromatic carbocycles. The number of rotatable bonds is 4. The van der Waals surface area contributed by atoms with Gasteiger partial charge >= 0.3 is 6.18 Å². The Bertz CT molecular complexity index is 536. The van der Waals surface area contributed by atoms with Crippen LogP contribution < -0.4 is 5.32 Å². The number of hydrogen-bond acceptors (Lipinski definition) is 4. The van der Waals surface area contributed by atoms with E-state index in [0.717, 1.165) is 6.07 Å². The van der Waals surface area contributed by atoms with Gasteiger partial charge in [-0.3, -0.25) is 14.9 Å². The van der Waals surface area contributed by atoms with E-state index in [1.165, 1.54) is 0 Å². The summed E-state index contributed by atoms with van der Waals surface area (Å²) in [5.74, 6) is -1.45. The van der Waals surface area contributed by atoms with Crippen molar-refractivity contribution < 1.29 is 28.0 Å². The van der Waals surface area contributed by atoms with Gasteiger partial charge in [-0.25, -0.2) is 0 Å². The number of nitro benzene ring substituents is 1. The van der Waals surface area contributed by atoms with Crippen LogP contribution >= 0.6 is 11.6 Å². The molecule has 0 bridgehead atoms. The predicted octanol–water partition coefficient (Wildman–Crippen LogP) is 2.15.